The first kappa shape index (κ1) is 14.3. The third-order valence-electron chi connectivity index (χ3n) is 2.00. The Labute approximate surface area is 88.8 Å². The quantitative estimate of drug-likeness (QED) is 0.524. The SMILES string of the molecule is CCCCP(CCCC)CS(=O)(=O)O. The number of rotatable bonds is 8. The van der Waals surface area contributed by atoms with Crippen LogP contribution in [0.3, 0.4) is 0 Å². The minimum atomic E-state index is -3.76. The van der Waals surface area contributed by atoms with Gasteiger partial charge >= 0.3 is 0 Å². The first-order valence-electron chi connectivity index (χ1n) is 5.17. The maximum atomic E-state index is 10.7. The summed E-state index contributed by atoms with van der Waals surface area (Å²) >= 11 is 0. The zero-order valence-electron chi connectivity index (χ0n) is 9.07. The van der Waals surface area contributed by atoms with Crippen molar-refractivity contribution in [3.8, 4) is 0 Å². The molecule has 0 heterocycles. The standard InChI is InChI=1S/C9H21O3PS/c1-3-5-7-13(8-6-4-2)9-14(10,11)12/h3-9H2,1-2H3,(H,10,11,12). The highest BCUT2D eigenvalue weighted by molar-refractivity contribution is 7.93. The van der Waals surface area contributed by atoms with Crippen LogP contribution in [-0.4, -0.2) is 30.8 Å². The Balaban J connectivity index is 3.96. The van der Waals surface area contributed by atoms with Gasteiger partial charge in [0.2, 0.25) is 0 Å². The van der Waals surface area contributed by atoms with Crippen LogP contribution in [0.5, 0.6) is 0 Å². The molecule has 0 aromatic rings. The van der Waals surface area contributed by atoms with Crippen molar-refractivity contribution in [2.45, 2.75) is 39.5 Å². The molecule has 0 aliphatic rings. The van der Waals surface area contributed by atoms with Crippen LogP contribution in [0.25, 0.3) is 0 Å². The Hall–Kier alpha value is 0.340. The van der Waals surface area contributed by atoms with Gasteiger partial charge in [0.1, 0.15) is 0 Å². The molecule has 0 aromatic carbocycles. The van der Waals surface area contributed by atoms with Crippen LogP contribution in [0.4, 0.5) is 0 Å². The van der Waals surface area contributed by atoms with Gasteiger partial charge in [-0.15, -0.1) is 0 Å². The molecule has 0 fully saturated rings. The molecule has 0 spiro atoms. The van der Waals surface area contributed by atoms with Crippen LogP contribution in [0, 0.1) is 0 Å². The Morgan fingerprint density at radius 2 is 1.50 bits per heavy atom. The fraction of sp³-hybridized carbons (Fsp3) is 1.00. The van der Waals surface area contributed by atoms with E-state index in [1.807, 2.05) is 0 Å². The molecule has 0 aromatic heterocycles. The van der Waals surface area contributed by atoms with Gasteiger partial charge in [-0.05, 0) is 25.2 Å². The number of unbranched alkanes of at least 4 members (excludes halogenated alkanes) is 2. The zero-order valence-corrected chi connectivity index (χ0v) is 10.8. The van der Waals surface area contributed by atoms with Crippen molar-refractivity contribution >= 4 is 18.0 Å². The molecule has 5 heteroatoms. The normalized spacial score (nSPS) is 12.3. The van der Waals surface area contributed by atoms with Gasteiger partial charge < -0.3 is 0 Å². The van der Waals surface area contributed by atoms with E-state index in [0.29, 0.717) is 0 Å². The molecule has 0 rings (SSSR count). The Kier molecular flexibility index (Phi) is 7.79. The molecule has 0 aliphatic heterocycles. The smallest absolute Gasteiger partial charge is 0.268 e. The van der Waals surface area contributed by atoms with Gasteiger partial charge in [0.05, 0.1) is 5.49 Å². The molecule has 0 amide bonds. The van der Waals surface area contributed by atoms with Gasteiger partial charge in [0, 0.05) is 0 Å². The van der Waals surface area contributed by atoms with E-state index in [2.05, 4.69) is 13.8 Å². The molecular weight excluding hydrogens is 219 g/mol. The predicted molar refractivity (Wildman–Crippen MR) is 62.9 cm³/mol. The van der Waals surface area contributed by atoms with Gasteiger partial charge in [0.25, 0.3) is 10.1 Å². The summed E-state index contributed by atoms with van der Waals surface area (Å²) in [5, 5.41) is 0. The lowest BCUT2D eigenvalue weighted by molar-refractivity contribution is 0.488. The maximum Gasteiger partial charge on any atom is 0.268 e. The van der Waals surface area contributed by atoms with Crippen LogP contribution in [-0.2, 0) is 10.1 Å². The monoisotopic (exact) mass is 240 g/mol. The average molecular weight is 240 g/mol. The molecule has 86 valence electrons. The van der Waals surface area contributed by atoms with Gasteiger partial charge in [-0.3, -0.25) is 4.55 Å². The summed E-state index contributed by atoms with van der Waals surface area (Å²) in [7, 11) is -4.25. The van der Waals surface area contributed by atoms with E-state index in [1.165, 1.54) is 0 Å². The molecule has 0 saturated carbocycles. The summed E-state index contributed by atoms with van der Waals surface area (Å²) in [6.07, 6.45) is 6.29. The van der Waals surface area contributed by atoms with Crippen LogP contribution in [0.1, 0.15) is 39.5 Å². The van der Waals surface area contributed by atoms with Crippen molar-refractivity contribution in [2.24, 2.45) is 0 Å². The molecule has 0 bridgehead atoms. The number of hydrogen-bond acceptors (Lipinski definition) is 2. The molecule has 0 saturated heterocycles. The second-order valence-electron chi connectivity index (χ2n) is 3.54. The summed E-state index contributed by atoms with van der Waals surface area (Å²) in [5.41, 5.74) is 0.00231. The van der Waals surface area contributed by atoms with E-state index in [-0.39, 0.29) is 5.49 Å². The highest BCUT2D eigenvalue weighted by Crippen LogP contribution is 2.38. The fourth-order valence-electron chi connectivity index (χ4n) is 1.24. The maximum absolute atomic E-state index is 10.7. The van der Waals surface area contributed by atoms with Gasteiger partial charge in [-0.2, -0.15) is 8.42 Å². The molecule has 0 aliphatic carbocycles. The van der Waals surface area contributed by atoms with Crippen LogP contribution < -0.4 is 0 Å². The van der Waals surface area contributed by atoms with Crippen molar-refractivity contribution in [2.75, 3.05) is 17.8 Å². The van der Waals surface area contributed by atoms with E-state index < -0.39 is 18.0 Å². The summed E-state index contributed by atoms with van der Waals surface area (Å²) in [4.78, 5) is 0. The molecular formula is C9H21O3PS. The molecule has 14 heavy (non-hydrogen) atoms. The summed E-state index contributed by atoms with van der Waals surface area (Å²) in [5.74, 6) is 0. The highest BCUT2D eigenvalue weighted by Gasteiger charge is 2.14. The molecule has 0 unspecified atom stereocenters. The fourth-order valence-corrected chi connectivity index (χ4v) is 5.86. The Morgan fingerprint density at radius 1 is 1.07 bits per heavy atom. The van der Waals surface area contributed by atoms with E-state index in [0.717, 1.165) is 38.0 Å². The molecule has 0 atom stereocenters. The van der Waals surface area contributed by atoms with Crippen molar-refractivity contribution in [1.29, 1.82) is 0 Å². The molecule has 3 nitrogen and oxygen atoms in total. The second kappa shape index (κ2) is 7.61. The van der Waals surface area contributed by atoms with E-state index in [4.69, 9.17) is 4.55 Å². The first-order chi connectivity index (χ1) is 6.49. The Morgan fingerprint density at radius 3 is 1.79 bits per heavy atom. The zero-order chi connectivity index (χ0) is 11.0. The lowest BCUT2D eigenvalue weighted by Crippen LogP contribution is -2.06. The van der Waals surface area contributed by atoms with Crippen LogP contribution >= 0.6 is 7.92 Å². The predicted octanol–water partition coefficient (Wildman–Crippen LogP) is 2.91. The van der Waals surface area contributed by atoms with Crippen molar-refractivity contribution < 1.29 is 13.0 Å². The molecule has 1 N–H and O–H groups in total. The van der Waals surface area contributed by atoms with Gasteiger partial charge in [0.15, 0.2) is 0 Å². The third-order valence-corrected chi connectivity index (χ3v) is 6.66. The van der Waals surface area contributed by atoms with Gasteiger partial charge in [-0.25, -0.2) is 0 Å². The third kappa shape index (κ3) is 8.92. The van der Waals surface area contributed by atoms with E-state index in [9.17, 15) is 8.42 Å². The second-order valence-corrected chi connectivity index (χ2v) is 7.97. The van der Waals surface area contributed by atoms with E-state index in [1.54, 1.807) is 0 Å². The lowest BCUT2D eigenvalue weighted by Gasteiger charge is -2.14. The molecule has 0 radical (unpaired) electrons. The largest absolute Gasteiger partial charge is 0.285 e. The van der Waals surface area contributed by atoms with E-state index >= 15 is 0 Å². The highest BCUT2D eigenvalue weighted by atomic mass is 32.2. The minimum absolute atomic E-state index is 0.00231. The van der Waals surface area contributed by atoms with Crippen molar-refractivity contribution in [3.63, 3.8) is 0 Å². The van der Waals surface area contributed by atoms with Crippen molar-refractivity contribution in [3.05, 3.63) is 0 Å². The van der Waals surface area contributed by atoms with Gasteiger partial charge in [-0.1, -0.05) is 34.6 Å². The lowest BCUT2D eigenvalue weighted by atomic mass is 10.4. The summed E-state index contributed by atoms with van der Waals surface area (Å²) in [6, 6.07) is 0. The summed E-state index contributed by atoms with van der Waals surface area (Å²) in [6.45, 7) is 4.20. The van der Waals surface area contributed by atoms with Crippen LogP contribution in [0.2, 0.25) is 0 Å². The summed E-state index contributed by atoms with van der Waals surface area (Å²) < 4.78 is 30.3. The minimum Gasteiger partial charge on any atom is -0.285 e. The van der Waals surface area contributed by atoms with Crippen LogP contribution in [0.15, 0.2) is 0 Å². The number of hydrogen-bond donors (Lipinski definition) is 1. The topological polar surface area (TPSA) is 54.4 Å². The van der Waals surface area contributed by atoms with Crippen molar-refractivity contribution in [1.82, 2.24) is 0 Å². The average Bonchev–Trinajstić information content (AvgIpc) is 2.07. The first-order valence-corrected chi connectivity index (χ1v) is 8.67. The Bertz CT molecular complexity index is 218.